The molecule has 0 spiro atoms. The van der Waals surface area contributed by atoms with Gasteiger partial charge in [0, 0.05) is 6.54 Å². The highest BCUT2D eigenvalue weighted by molar-refractivity contribution is 7.07. The Labute approximate surface area is 72.4 Å². The van der Waals surface area contributed by atoms with Crippen molar-refractivity contribution >= 4 is 11.3 Å². The average Bonchev–Trinajstić information content (AvgIpc) is 2.37. The van der Waals surface area contributed by atoms with Gasteiger partial charge in [-0.15, -0.1) is 0 Å². The molecule has 0 aliphatic heterocycles. The quantitative estimate of drug-likeness (QED) is 0.656. The molecule has 68 valence electrons. The van der Waals surface area contributed by atoms with Crippen molar-refractivity contribution in [2.75, 3.05) is 7.05 Å². The van der Waals surface area contributed by atoms with Gasteiger partial charge in [-0.05, 0) is 29.4 Å². The second-order valence-electron chi connectivity index (χ2n) is 2.46. The number of hydrogen-bond donors (Lipinski definition) is 0. The largest absolute Gasteiger partial charge is 0.459 e. The summed E-state index contributed by atoms with van der Waals surface area (Å²) >= 11 is 1.40. The van der Waals surface area contributed by atoms with Crippen LogP contribution < -0.4 is 0 Å². The van der Waals surface area contributed by atoms with E-state index in [1.807, 2.05) is 0 Å². The smallest absolute Gasteiger partial charge is 0.213 e. The lowest BCUT2D eigenvalue weighted by atomic mass is 10.3. The van der Waals surface area contributed by atoms with Crippen molar-refractivity contribution in [2.45, 2.75) is 12.8 Å². The second-order valence-corrected chi connectivity index (χ2v) is 3.24. The van der Waals surface area contributed by atoms with Gasteiger partial charge in [0.25, 0.3) is 0 Å². The van der Waals surface area contributed by atoms with E-state index in [2.05, 4.69) is 0 Å². The molecule has 1 aromatic rings. The van der Waals surface area contributed by atoms with Gasteiger partial charge in [0.15, 0.2) is 0 Å². The van der Waals surface area contributed by atoms with Crippen LogP contribution >= 0.6 is 11.3 Å². The normalized spacial score (nSPS) is 12.4. The number of hydrogen-bond acceptors (Lipinski definition) is 2. The van der Waals surface area contributed by atoms with Crippen molar-refractivity contribution < 1.29 is 13.2 Å². The maximum Gasteiger partial charge on any atom is 0.459 e. The topological polar surface area (TPSA) is 3.24 Å². The average molecular weight is 195 g/mol. The molecule has 12 heavy (non-hydrogen) atoms. The predicted octanol–water partition coefficient (Wildman–Crippen LogP) is 2.70. The molecular formula is C7H8F3NS. The standard InChI is InChI=1S/C7H8F3NS/c1-11(7(8,9)10)4-6-2-3-12-5-6/h2-3,5H,4H2,1H3. The van der Waals surface area contributed by atoms with Crippen LogP contribution in [-0.2, 0) is 6.54 Å². The van der Waals surface area contributed by atoms with Gasteiger partial charge < -0.3 is 0 Å². The van der Waals surface area contributed by atoms with E-state index in [1.165, 1.54) is 11.3 Å². The third kappa shape index (κ3) is 2.49. The molecule has 1 aromatic heterocycles. The van der Waals surface area contributed by atoms with Crippen LogP contribution in [0.15, 0.2) is 16.8 Å². The van der Waals surface area contributed by atoms with E-state index >= 15 is 0 Å². The van der Waals surface area contributed by atoms with Gasteiger partial charge in [-0.25, -0.2) is 4.90 Å². The Kier molecular flexibility index (Phi) is 2.74. The summed E-state index contributed by atoms with van der Waals surface area (Å²) in [4.78, 5) is 0.356. The van der Waals surface area contributed by atoms with Crippen molar-refractivity contribution in [3.63, 3.8) is 0 Å². The Hall–Kier alpha value is -0.550. The van der Waals surface area contributed by atoms with Gasteiger partial charge in [-0.2, -0.15) is 24.5 Å². The highest BCUT2D eigenvalue weighted by Crippen LogP contribution is 2.21. The zero-order valence-electron chi connectivity index (χ0n) is 6.43. The Morgan fingerprint density at radius 3 is 2.58 bits per heavy atom. The molecular weight excluding hydrogens is 187 g/mol. The van der Waals surface area contributed by atoms with Gasteiger partial charge in [0.05, 0.1) is 0 Å². The first-order valence-corrected chi connectivity index (χ1v) is 4.23. The summed E-state index contributed by atoms with van der Waals surface area (Å²) in [6.45, 7) is -0.0764. The van der Waals surface area contributed by atoms with Crippen molar-refractivity contribution in [1.82, 2.24) is 4.90 Å². The molecule has 0 radical (unpaired) electrons. The number of alkyl halides is 3. The Morgan fingerprint density at radius 2 is 2.17 bits per heavy atom. The fourth-order valence-electron chi connectivity index (χ4n) is 0.746. The first-order valence-electron chi connectivity index (χ1n) is 3.29. The van der Waals surface area contributed by atoms with E-state index in [-0.39, 0.29) is 6.54 Å². The van der Waals surface area contributed by atoms with Crippen molar-refractivity contribution in [3.05, 3.63) is 22.4 Å². The SMILES string of the molecule is CN(Cc1ccsc1)C(F)(F)F. The molecule has 1 rings (SSSR count). The van der Waals surface area contributed by atoms with Gasteiger partial charge in [-0.1, -0.05) is 0 Å². The minimum atomic E-state index is -4.23. The monoisotopic (exact) mass is 195 g/mol. The van der Waals surface area contributed by atoms with E-state index in [4.69, 9.17) is 0 Å². The third-order valence-corrected chi connectivity index (χ3v) is 2.16. The zero-order chi connectivity index (χ0) is 9.19. The maximum absolute atomic E-state index is 12.0. The lowest BCUT2D eigenvalue weighted by Crippen LogP contribution is -2.33. The van der Waals surface area contributed by atoms with Crippen molar-refractivity contribution in [1.29, 1.82) is 0 Å². The van der Waals surface area contributed by atoms with Crippen molar-refractivity contribution in [3.8, 4) is 0 Å². The molecule has 1 nitrogen and oxygen atoms in total. The summed E-state index contributed by atoms with van der Waals surface area (Å²) in [5.74, 6) is 0. The number of nitrogens with zero attached hydrogens (tertiary/aromatic N) is 1. The van der Waals surface area contributed by atoms with Gasteiger partial charge in [0.2, 0.25) is 0 Å². The van der Waals surface area contributed by atoms with Crippen LogP contribution in [0.1, 0.15) is 5.56 Å². The molecule has 0 atom stereocenters. The highest BCUT2D eigenvalue weighted by atomic mass is 32.1. The molecule has 0 fully saturated rings. The molecule has 0 unspecified atom stereocenters. The van der Waals surface area contributed by atoms with Crippen LogP contribution in [0.4, 0.5) is 13.2 Å². The highest BCUT2D eigenvalue weighted by Gasteiger charge is 2.33. The Bertz CT molecular complexity index is 229. The molecule has 5 heteroatoms. The Morgan fingerprint density at radius 1 is 1.50 bits per heavy atom. The molecule has 0 amide bonds. The van der Waals surface area contributed by atoms with Crippen LogP contribution in [0, 0.1) is 0 Å². The lowest BCUT2D eigenvalue weighted by Gasteiger charge is -2.18. The summed E-state index contributed by atoms with van der Waals surface area (Å²) in [7, 11) is 1.04. The van der Waals surface area contributed by atoms with Crippen LogP contribution in [0.5, 0.6) is 0 Å². The summed E-state index contributed by atoms with van der Waals surface area (Å²) in [5, 5.41) is 3.47. The molecule has 0 bridgehead atoms. The molecule has 0 aliphatic carbocycles. The fraction of sp³-hybridized carbons (Fsp3) is 0.429. The summed E-state index contributed by atoms with van der Waals surface area (Å²) in [5.41, 5.74) is 0.694. The fourth-order valence-corrected chi connectivity index (χ4v) is 1.41. The van der Waals surface area contributed by atoms with E-state index in [0.29, 0.717) is 10.5 Å². The number of halogens is 3. The molecule has 0 N–H and O–H groups in total. The van der Waals surface area contributed by atoms with Gasteiger partial charge in [0.1, 0.15) is 0 Å². The molecule has 0 saturated heterocycles. The molecule has 0 aromatic carbocycles. The van der Waals surface area contributed by atoms with Crippen molar-refractivity contribution in [2.24, 2.45) is 0 Å². The third-order valence-electron chi connectivity index (χ3n) is 1.43. The first kappa shape index (κ1) is 9.54. The van der Waals surface area contributed by atoms with Gasteiger partial charge in [-0.3, -0.25) is 0 Å². The van der Waals surface area contributed by atoms with Gasteiger partial charge >= 0.3 is 6.30 Å². The van der Waals surface area contributed by atoms with E-state index in [0.717, 1.165) is 7.05 Å². The minimum absolute atomic E-state index is 0.0764. The lowest BCUT2D eigenvalue weighted by molar-refractivity contribution is -0.240. The number of rotatable bonds is 2. The summed E-state index contributed by atoms with van der Waals surface area (Å²) in [6, 6.07) is 1.69. The summed E-state index contributed by atoms with van der Waals surface area (Å²) in [6.07, 6.45) is -4.23. The number of thiophene rings is 1. The zero-order valence-corrected chi connectivity index (χ0v) is 7.25. The van der Waals surface area contributed by atoms with E-state index in [1.54, 1.807) is 16.8 Å². The minimum Gasteiger partial charge on any atom is -0.213 e. The second kappa shape index (κ2) is 3.45. The Balaban J connectivity index is 2.53. The maximum atomic E-state index is 12.0. The van der Waals surface area contributed by atoms with Crippen LogP contribution in [0.2, 0.25) is 0 Å². The molecule has 1 heterocycles. The van der Waals surface area contributed by atoms with E-state index in [9.17, 15) is 13.2 Å². The predicted molar refractivity (Wildman–Crippen MR) is 41.8 cm³/mol. The summed E-state index contributed by atoms with van der Waals surface area (Å²) < 4.78 is 35.9. The van der Waals surface area contributed by atoms with Crippen LogP contribution in [-0.4, -0.2) is 18.2 Å². The van der Waals surface area contributed by atoms with Crippen LogP contribution in [0.25, 0.3) is 0 Å². The first-order chi connectivity index (χ1) is 5.50. The molecule has 0 saturated carbocycles. The van der Waals surface area contributed by atoms with E-state index < -0.39 is 6.30 Å². The molecule has 0 aliphatic rings. The van der Waals surface area contributed by atoms with Crippen LogP contribution in [0.3, 0.4) is 0 Å².